The Labute approximate surface area is 158 Å². The monoisotopic (exact) mass is 370 g/mol. The van der Waals surface area contributed by atoms with Crippen LogP contribution in [0.15, 0.2) is 24.3 Å². The molecule has 1 N–H and O–H groups in total. The summed E-state index contributed by atoms with van der Waals surface area (Å²) in [6.45, 7) is 10.7. The first kappa shape index (κ1) is 17.5. The summed E-state index contributed by atoms with van der Waals surface area (Å²) in [5.74, 6) is 2.21. The number of piperidine rings is 1. The van der Waals surface area contributed by atoms with Crippen LogP contribution in [0.2, 0.25) is 0 Å². The van der Waals surface area contributed by atoms with Gasteiger partial charge in [0.25, 0.3) is 0 Å². The Morgan fingerprint density at radius 3 is 2.58 bits per heavy atom. The fraction of sp³-hybridized carbons (Fsp3) is 0.500. The molecule has 3 atom stereocenters. The Morgan fingerprint density at radius 1 is 1.19 bits per heavy atom. The summed E-state index contributed by atoms with van der Waals surface area (Å²) < 4.78 is 1.58. The molecule has 4 rings (SSSR count). The second kappa shape index (κ2) is 6.67. The molecule has 0 unspecified atom stereocenters. The van der Waals surface area contributed by atoms with Gasteiger partial charge in [0.1, 0.15) is 5.82 Å². The van der Waals surface area contributed by atoms with Crippen molar-refractivity contribution < 1.29 is 5.11 Å². The van der Waals surface area contributed by atoms with Gasteiger partial charge in [-0.2, -0.15) is 4.52 Å². The zero-order valence-electron chi connectivity index (χ0n) is 15.8. The molecule has 3 aromatic rings. The topological polar surface area (TPSA) is 53.7 Å². The minimum absolute atomic E-state index is 0.0360. The maximum absolute atomic E-state index is 10.9. The Morgan fingerprint density at radius 2 is 1.92 bits per heavy atom. The van der Waals surface area contributed by atoms with E-state index in [-0.39, 0.29) is 11.9 Å². The van der Waals surface area contributed by atoms with E-state index >= 15 is 0 Å². The number of aryl methyl sites for hydroxylation is 2. The van der Waals surface area contributed by atoms with Gasteiger partial charge in [-0.15, -0.1) is 5.10 Å². The van der Waals surface area contributed by atoms with Gasteiger partial charge >= 0.3 is 0 Å². The lowest BCUT2D eigenvalue weighted by atomic mass is 9.89. The average molecular weight is 371 g/mol. The fourth-order valence-corrected chi connectivity index (χ4v) is 5.48. The van der Waals surface area contributed by atoms with Gasteiger partial charge in [0.2, 0.25) is 10.8 Å². The summed E-state index contributed by atoms with van der Waals surface area (Å²) >= 11 is 1.55. The summed E-state index contributed by atoms with van der Waals surface area (Å²) in [6.07, 6.45) is 1.26. The van der Waals surface area contributed by atoms with E-state index in [2.05, 4.69) is 60.0 Å². The van der Waals surface area contributed by atoms with E-state index < -0.39 is 0 Å². The van der Waals surface area contributed by atoms with Crippen LogP contribution in [-0.2, 0) is 0 Å². The molecule has 0 spiro atoms. The molecular weight excluding hydrogens is 344 g/mol. The van der Waals surface area contributed by atoms with E-state index in [4.69, 9.17) is 0 Å². The number of hydrogen-bond acceptors (Lipinski definition) is 5. The van der Waals surface area contributed by atoms with Gasteiger partial charge in [-0.3, -0.25) is 4.90 Å². The third-order valence-corrected chi connectivity index (χ3v) is 6.25. The number of likely N-dealkylation sites (tertiary alicyclic amines) is 1. The van der Waals surface area contributed by atoms with E-state index in [0.29, 0.717) is 17.7 Å². The molecule has 3 heterocycles. The molecule has 0 saturated carbocycles. The van der Waals surface area contributed by atoms with Gasteiger partial charge in [-0.05, 0) is 37.7 Å². The lowest BCUT2D eigenvalue weighted by Crippen LogP contribution is -2.41. The van der Waals surface area contributed by atoms with Crippen LogP contribution in [0.5, 0.6) is 5.88 Å². The van der Waals surface area contributed by atoms with Crippen molar-refractivity contribution in [3.8, 4) is 5.88 Å². The van der Waals surface area contributed by atoms with Crippen LogP contribution in [0.4, 0.5) is 0 Å². The molecule has 0 radical (unpaired) electrons. The van der Waals surface area contributed by atoms with Gasteiger partial charge in [0, 0.05) is 13.1 Å². The Bertz CT molecular complexity index is 921. The zero-order chi connectivity index (χ0) is 18.4. The summed E-state index contributed by atoms with van der Waals surface area (Å²) in [4.78, 5) is 8.67. The number of thiazole rings is 1. The maximum atomic E-state index is 10.9. The number of hydrogen-bond donors (Lipinski definition) is 1. The molecule has 26 heavy (non-hydrogen) atoms. The minimum Gasteiger partial charge on any atom is -0.492 e. The molecular formula is C20H26N4OS. The molecule has 1 saturated heterocycles. The number of rotatable bonds is 3. The standard InChI is InChI=1S/C20H26N4OS/c1-12-6-5-7-16(9-12)17(23-10-13(2)8-14(3)11-23)18-19(25)24-20(26-18)21-15(4)22-24/h5-7,9,13-14,17,25H,8,10-11H2,1-4H3/t13-,14-,17-/m1/s1. The third-order valence-electron chi connectivity index (χ3n) is 5.17. The van der Waals surface area contributed by atoms with E-state index in [0.717, 1.165) is 22.9 Å². The molecule has 5 nitrogen and oxygen atoms in total. The Hall–Kier alpha value is -1.92. The van der Waals surface area contributed by atoms with Crippen molar-refractivity contribution >= 4 is 16.3 Å². The number of aromatic nitrogens is 3. The van der Waals surface area contributed by atoms with Crippen molar-refractivity contribution in [3.63, 3.8) is 0 Å². The van der Waals surface area contributed by atoms with Crippen molar-refractivity contribution in [1.82, 2.24) is 19.5 Å². The van der Waals surface area contributed by atoms with Gasteiger partial charge in [-0.25, -0.2) is 4.98 Å². The van der Waals surface area contributed by atoms with Crippen LogP contribution in [0.1, 0.15) is 48.1 Å². The van der Waals surface area contributed by atoms with Crippen molar-refractivity contribution in [1.29, 1.82) is 0 Å². The van der Waals surface area contributed by atoms with Crippen LogP contribution < -0.4 is 0 Å². The second-order valence-corrected chi connectivity index (χ2v) is 8.87. The SMILES string of the molecule is Cc1cccc([C@H](c2sc3nc(C)nn3c2O)N2C[C@H](C)C[C@@H](C)C2)c1. The highest BCUT2D eigenvalue weighted by atomic mass is 32.1. The Balaban J connectivity index is 1.84. The molecule has 0 bridgehead atoms. The highest BCUT2D eigenvalue weighted by Crippen LogP contribution is 2.42. The molecule has 1 aromatic carbocycles. The molecule has 138 valence electrons. The van der Waals surface area contributed by atoms with E-state index in [9.17, 15) is 5.11 Å². The molecule has 2 aromatic heterocycles. The summed E-state index contributed by atoms with van der Waals surface area (Å²) in [7, 11) is 0. The summed E-state index contributed by atoms with van der Waals surface area (Å²) in [6, 6.07) is 8.66. The van der Waals surface area contributed by atoms with E-state index in [1.165, 1.54) is 17.5 Å². The number of nitrogens with zero attached hydrogens (tertiary/aromatic N) is 4. The zero-order valence-corrected chi connectivity index (χ0v) is 16.6. The predicted molar refractivity (Wildman–Crippen MR) is 105 cm³/mol. The van der Waals surface area contributed by atoms with E-state index in [1.54, 1.807) is 15.9 Å². The van der Waals surface area contributed by atoms with Gasteiger partial charge in [0.05, 0.1) is 10.9 Å². The van der Waals surface area contributed by atoms with Gasteiger partial charge < -0.3 is 5.11 Å². The highest BCUT2D eigenvalue weighted by Gasteiger charge is 2.33. The molecule has 1 aliphatic rings. The first-order valence-electron chi connectivity index (χ1n) is 9.28. The molecule has 1 fully saturated rings. The fourth-order valence-electron chi connectivity index (χ4n) is 4.32. The molecule has 6 heteroatoms. The van der Waals surface area contributed by atoms with Crippen molar-refractivity contribution in [2.45, 2.75) is 40.2 Å². The van der Waals surface area contributed by atoms with Crippen molar-refractivity contribution in [3.05, 3.63) is 46.1 Å². The largest absolute Gasteiger partial charge is 0.492 e. The first-order valence-corrected chi connectivity index (χ1v) is 10.1. The van der Waals surface area contributed by atoms with Crippen LogP contribution in [-0.4, -0.2) is 37.7 Å². The smallest absolute Gasteiger partial charge is 0.230 e. The molecule has 1 aliphatic heterocycles. The number of aromatic hydroxyl groups is 1. The number of benzene rings is 1. The average Bonchev–Trinajstić information content (AvgIpc) is 3.05. The molecule has 0 amide bonds. The normalized spacial score (nSPS) is 22.8. The van der Waals surface area contributed by atoms with Gasteiger partial charge in [0.15, 0.2) is 0 Å². The van der Waals surface area contributed by atoms with E-state index in [1.807, 2.05) is 6.92 Å². The minimum atomic E-state index is 0.0360. The first-order chi connectivity index (χ1) is 12.4. The van der Waals surface area contributed by atoms with Crippen LogP contribution in [0.25, 0.3) is 4.96 Å². The second-order valence-electron chi connectivity index (χ2n) is 7.86. The van der Waals surface area contributed by atoms with Crippen LogP contribution >= 0.6 is 11.3 Å². The maximum Gasteiger partial charge on any atom is 0.230 e. The summed E-state index contributed by atoms with van der Waals surface area (Å²) in [5, 5.41) is 15.3. The summed E-state index contributed by atoms with van der Waals surface area (Å²) in [5.41, 5.74) is 2.46. The quantitative estimate of drug-likeness (QED) is 0.751. The Kier molecular flexibility index (Phi) is 4.49. The van der Waals surface area contributed by atoms with Crippen molar-refractivity contribution in [2.24, 2.45) is 11.8 Å². The predicted octanol–water partition coefficient (Wildman–Crippen LogP) is 4.18. The molecule has 0 aliphatic carbocycles. The van der Waals surface area contributed by atoms with Crippen LogP contribution in [0, 0.1) is 25.7 Å². The lowest BCUT2D eigenvalue weighted by Gasteiger charge is -2.40. The van der Waals surface area contributed by atoms with Crippen molar-refractivity contribution in [2.75, 3.05) is 13.1 Å². The number of fused-ring (bicyclic) bond motifs is 1. The van der Waals surface area contributed by atoms with Gasteiger partial charge in [-0.1, -0.05) is 55.0 Å². The third kappa shape index (κ3) is 3.12. The van der Waals surface area contributed by atoms with Crippen LogP contribution in [0.3, 0.4) is 0 Å². The lowest BCUT2D eigenvalue weighted by molar-refractivity contribution is 0.112. The highest BCUT2D eigenvalue weighted by molar-refractivity contribution is 7.17.